The lowest BCUT2D eigenvalue weighted by Crippen LogP contribution is -2.39. The smallest absolute Gasteiger partial charge is 0.275 e. The van der Waals surface area contributed by atoms with Crippen LogP contribution in [0.4, 0.5) is 17.1 Å². The topological polar surface area (TPSA) is 125 Å². The van der Waals surface area contributed by atoms with Gasteiger partial charge in [0.1, 0.15) is 11.4 Å². The van der Waals surface area contributed by atoms with Gasteiger partial charge in [0.25, 0.3) is 16.8 Å². The summed E-state index contributed by atoms with van der Waals surface area (Å²) in [6.07, 6.45) is 1.34. The van der Waals surface area contributed by atoms with E-state index in [4.69, 9.17) is 0 Å². The van der Waals surface area contributed by atoms with Gasteiger partial charge >= 0.3 is 0 Å². The van der Waals surface area contributed by atoms with Crippen LogP contribution in [0.25, 0.3) is 0 Å². The van der Waals surface area contributed by atoms with Crippen LogP contribution in [-0.2, 0) is 0 Å². The number of aryl methyl sites for hydroxylation is 2. The van der Waals surface area contributed by atoms with Gasteiger partial charge in [-0.25, -0.2) is 9.97 Å². The first-order chi connectivity index (χ1) is 14.8. The molecule has 0 bridgehead atoms. The maximum atomic E-state index is 12.4. The highest BCUT2D eigenvalue weighted by molar-refractivity contribution is 7.11. The van der Waals surface area contributed by atoms with Gasteiger partial charge in [0, 0.05) is 25.2 Å². The monoisotopic (exact) mass is 457 g/mol. The minimum atomic E-state index is -0.706. The summed E-state index contributed by atoms with van der Waals surface area (Å²) in [6, 6.07) is 1.10. The van der Waals surface area contributed by atoms with Crippen LogP contribution in [0, 0.1) is 19.3 Å². The molecule has 3 rings (SSSR count). The third-order valence-corrected chi connectivity index (χ3v) is 5.97. The average molecular weight is 458 g/mol. The normalized spacial score (nSPS) is 12.6. The summed E-state index contributed by atoms with van der Waals surface area (Å²) in [5, 5.41) is 17.5. The summed E-state index contributed by atoms with van der Waals surface area (Å²) in [4.78, 5) is 47.9. The number of thiazole rings is 1. The number of hydrogen-bond acceptors (Lipinski definition) is 9. The summed E-state index contributed by atoms with van der Waals surface area (Å²) >= 11 is 1.57. The molecule has 170 valence electrons. The van der Waals surface area contributed by atoms with Crippen LogP contribution in [0.2, 0.25) is 0 Å². The number of nitrogens with one attached hydrogen (secondary N) is 2. The number of rotatable bonds is 6. The molecular formula is C22H27N5O4S. The van der Waals surface area contributed by atoms with Gasteiger partial charge in [0.2, 0.25) is 0 Å². The molecule has 1 aromatic carbocycles. The van der Waals surface area contributed by atoms with Gasteiger partial charge in [-0.1, -0.05) is 20.8 Å². The Bertz CT molecular complexity index is 1250. The first kappa shape index (κ1) is 23.4. The van der Waals surface area contributed by atoms with E-state index < -0.39 is 22.5 Å². The van der Waals surface area contributed by atoms with E-state index in [1.807, 2.05) is 34.6 Å². The van der Waals surface area contributed by atoms with Crippen molar-refractivity contribution in [1.29, 1.82) is 0 Å². The van der Waals surface area contributed by atoms with Crippen molar-refractivity contribution in [2.45, 2.75) is 40.7 Å². The van der Waals surface area contributed by atoms with Crippen LogP contribution in [0.5, 0.6) is 5.75 Å². The summed E-state index contributed by atoms with van der Waals surface area (Å²) in [5.41, 5.74) is -0.748. The van der Waals surface area contributed by atoms with E-state index in [1.165, 1.54) is 31.3 Å². The lowest BCUT2D eigenvalue weighted by atomic mass is 9.84. The minimum absolute atomic E-state index is 0.0265. The van der Waals surface area contributed by atoms with Crippen molar-refractivity contribution < 1.29 is 9.90 Å². The number of anilines is 3. The first-order valence-corrected chi connectivity index (χ1v) is 10.8. The van der Waals surface area contributed by atoms with E-state index in [-0.39, 0.29) is 34.2 Å². The average Bonchev–Trinajstić information content (AvgIpc) is 3.03. The fourth-order valence-corrected chi connectivity index (χ4v) is 4.21. The number of hydrogen-bond donors (Lipinski definition) is 3. The highest BCUT2D eigenvalue weighted by Crippen LogP contribution is 2.39. The van der Waals surface area contributed by atoms with Crippen molar-refractivity contribution in [2.24, 2.45) is 5.41 Å². The molecule has 0 aliphatic carbocycles. The second kappa shape index (κ2) is 8.34. The summed E-state index contributed by atoms with van der Waals surface area (Å²) in [5.74, 6) is -0.889. The molecule has 1 amide bonds. The van der Waals surface area contributed by atoms with Gasteiger partial charge in [0.15, 0.2) is 11.4 Å². The van der Waals surface area contributed by atoms with E-state index in [9.17, 15) is 19.5 Å². The number of pyridine rings is 1. The fraction of sp³-hybridized carbons (Fsp3) is 0.409. The molecule has 2 heterocycles. The predicted octanol–water partition coefficient (Wildman–Crippen LogP) is 3.10. The van der Waals surface area contributed by atoms with Crippen LogP contribution in [0.3, 0.4) is 0 Å². The molecule has 0 aliphatic heterocycles. The third kappa shape index (κ3) is 4.22. The van der Waals surface area contributed by atoms with E-state index in [1.54, 1.807) is 11.3 Å². The molecule has 0 aliphatic rings. The molecule has 1 unspecified atom stereocenters. The van der Waals surface area contributed by atoms with Crippen molar-refractivity contribution in [1.82, 2.24) is 14.9 Å². The van der Waals surface area contributed by atoms with Crippen molar-refractivity contribution in [3.63, 3.8) is 0 Å². The lowest BCUT2D eigenvalue weighted by Gasteiger charge is -2.32. The Hall–Kier alpha value is -3.27. The van der Waals surface area contributed by atoms with Gasteiger partial charge < -0.3 is 20.6 Å². The highest BCUT2D eigenvalue weighted by atomic mass is 32.1. The van der Waals surface area contributed by atoms with Crippen LogP contribution >= 0.6 is 11.3 Å². The van der Waals surface area contributed by atoms with Crippen LogP contribution in [-0.4, -0.2) is 40.0 Å². The Balaban J connectivity index is 1.99. The molecule has 2 aromatic heterocycles. The van der Waals surface area contributed by atoms with Crippen LogP contribution in [0.15, 0.2) is 21.9 Å². The zero-order chi connectivity index (χ0) is 24.0. The van der Waals surface area contributed by atoms with Gasteiger partial charge in [-0.05, 0) is 25.3 Å². The Morgan fingerprint density at radius 1 is 1.16 bits per heavy atom. The maximum Gasteiger partial charge on any atom is 0.275 e. The molecular weight excluding hydrogens is 430 g/mol. The van der Waals surface area contributed by atoms with E-state index in [0.717, 1.165) is 15.6 Å². The predicted molar refractivity (Wildman–Crippen MR) is 126 cm³/mol. The lowest BCUT2D eigenvalue weighted by molar-refractivity contribution is 0.0819. The number of aromatic nitrogens is 2. The molecule has 10 heteroatoms. The maximum absolute atomic E-state index is 12.4. The third-order valence-electron chi connectivity index (χ3n) is 5.07. The van der Waals surface area contributed by atoms with Crippen molar-refractivity contribution in [2.75, 3.05) is 24.7 Å². The quantitative estimate of drug-likeness (QED) is 0.482. The second-order valence-corrected chi connectivity index (χ2v) is 10.3. The van der Waals surface area contributed by atoms with Crippen LogP contribution < -0.4 is 21.5 Å². The zero-order valence-corrected chi connectivity index (χ0v) is 20.0. The summed E-state index contributed by atoms with van der Waals surface area (Å²) in [6.45, 7) is 9.95. The standard InChI is InChI=1S/C22H27N5O4S/c1-10-13(24-11(2)32-10)20(22(3,4)5)26-15-14(18(29)19(15)30)25-12-8-9-23-16(17(12)28)21(31)27(6)7/h8-9,20,26,28H,1-7H3,(H,23,25). The number of aromatic hydroxyl groups is 1. The molecule has 9 nitrogen and oxygen atoms in total. The Morgan fingerprint density at radius 2 is 1.78 bits per heavy atom. The van der Waals surface area contributed by atoms with Crippen molar-refractivity contribution in [3.05, 3.63) is 54.0 Å². The molecule has 0 saturated heterocycles. The molecule has 0 radical (unpaired) electrons. The van der Waals surface area contributed by atoms with E-state index in [0.29, 0.717) is 0 Å². The summed E-state index contributed by atoms with van der Waals surface area (Å²) in [7, 11) is 3.08. The summed E-state index contributed by atoms with van der Waals surface area (Å²) < 4.78 is 0. The van der Waals surface area contributed by atoms with Gasteiger partial charge in [-0.2, -0.15) is 0 Å². The SMILES string of the molecule is Cc1nc(C(Nc2c(Nc3ccnc(C(=O)N(C)C)c3O)c(=O)c2=O)C(C)(C)C)c(C)s1. The molecule has 0 fully saturated rings. The highest BCUT2D eigenvalue weighted by Gasteiger charge is 2.34. The number of amides is 1. The van der Waals surface area contributed by atoms with Gasteiger partial charge in [-0.3, -0.25) is 14.4 Å². The van der Waals surface area contributed by atoms with E-state index >= 15 is 0 Å². The largest absolute Gasteiger partial charge is 0.504 e. The van der Waals surface area contributed by atoms with Crippen molar-refractivity contribution >= 4 is 34.3 Å². The molecule has 32 heavy (non-hydrogen) atoms. The number of carbonyl (C=O) groups is 1. The second-order valence-electron chi connectivity index (χ2n) is 8.91. The molecule has 3 N–H and O–H groups in total. The number of nitrogens with zero attached hydrogens (tertiary/aromatic N) is 3. The van der Waals surface area contributed by atoms with Crippen LogP contribution in [0.1, 0.15) is 52.9 Å². The molecule has 0 spiro atoms. The fourth-order valence-electron chi connectivity index (χ4n) is 3.36. The molecule has 0 saturated carbocycles. The van der Waals surface area contributed by atoms with Crippen molar-refractivity contribution in [3.8, 4) is 5.75 Å². The Morgan fingerprint density at radius 3 is 2.31 bits per heavy atom. The molecule has 1 atom stereocenters. The minimum Gasteiger partial charge on any atom is -0.504 e. The molecule has 3 aromatic rings. The van der Waals surface area contributed by atoms with E-state index in [2.05, 4.69) is 20.6 Å². The Labute approximate surface area is 189 Å². The number of carbonyl (C=O) groups excluding carboxylic acids is 1. The zero-order valence-electron chi connectivity index (χ0n) is 19.2. The van der Waals surface area contributed by atoms with Gasteiger partial charge in [-0.15, -0.1) is 11.3 Å². The van der Waals surface area contributed by atoms with Gasteiger partial charge in [0.05, 0.1) is 22.4 Å². The Kier molecular flexibility index (Phi) is 6.10. The first-order valence-electron chi connectivity index (χ1n) is 10.0.